The molecule has 0 saturated carbocycles. The minimum atomic E-state index is -0.601. The molecule has 0 aliphatic heterocycles. The van der Waals surface area contributed by atoms with Gasteiger partial charge in [0.2, 0.25) is 11.8 Å². The molecule has 27 heavy (non-hydrogen) atoms. The third kappa shape index (κ3) is 7.48. The predicted molar refractivity (Wildman–Crippen MR) is 103 cm³/mol. The Morgan fingerprint density at radius 3 is 2.74 bits per heavy atom. The minimum absolute atomic E-state index is 0.0853. The van der Waals surface area contributed by atoms with Crippen LogP contribution in [0.2, 0.25) is 5.02 Å². The number of nitrogens with zero attached hydrogens (tertiary/aromatic N) is 2. The van der Waals surface area contributed by atoms with Crippen LogP contribution in [0.5, 0.6) is 0 Å². The first-order chi connectivity index (χ1) is 12.6. The zero-order valence-electron chi connectivity index (χ0n) is 15.4. The lowest BCUT2D eigenvalue weighted by Gasteiger charge is -2.20. The van der Waals surface area contributed by atoms with E-state index in [4.69, 9.17) is 20.8 Å². The highest BCUT2D eigenvalue weighted by Crippen LogP contribution is 2.21. The van der Waals surface area contributed by atoms with Gasteiger partial charge in [-0.25, -0.2) is 4.79 Å². The van der Waals surface area contributed by atoms with Crippen LogP contribution < -0.4 is 10.6 Å². The Hall–Kier alpha value is -2.26. The van der Waals surface area contributed by atoms with E-state index in [-0.39, 0.29) is 22.8 Å². The number of rotatable bonds is 6. The van der Waals surface area contributed by atoms with E-state index in [0.717, 1.165) is 11.8 Å². The second kappa shape index (κ2) is 9.09. The molecule has 0 aliphatic rings. The number of halogens is 1. The summed E-state index contributed by atoms with van der Waals surface area (Å²) in [4.78, 5) is 23.7. The number of carbonyl (C=O) groups excluding carboxylic acids is 2. The van der Waals surface area contributed by atoms with Crippen molar-refractivity contribution in [3.63, 3.8) is 0 Å². The number of thioether (sulfide) groups is 1. The summed E-state index contributed by atoms with van der Waals surface area (Å²) in [7, 11) is 0. The summed E-state index contributed by atoms with van der Waals surface area (Å²) >= 11 is 6.97. The fourth-order valence-corrected chi connectivity index (χ4v) is 2.65. The maximum Gasteiger partial charge on any atom is 0.408 e. The summed E-state index contributed by atoms with van der Waals surface area (Å²) in [5, 5.41) is 13.8. The molecule has 2 rings (SSSR count). The van der Waals surface area contributed by atoms with Gasteiger partial charge in [-0.3, -0.25) is 4.79 Å². The average Bonchev–Trinajstić information content (AvgIpc) is 3.00. The van der Waals surface area contributed by atoms with Gasteiger partial charge in [0.25, 0.3) is 5.22 Å². The number of amides is 2. The number of hydrogen-bond acceptors (Lipinski definition) is 7. The van der Waals surface area contributed by atoms with Crippen molar-refractivity contribution in [1.82, 2.24) is 15.5 Å². The number of alkyl carbamates (subject to hydrolysis) is 1. The van der Waals surface area contributed by atoms with E-state index in [0.29, 0.717) is 10.7 Å². The van der Waals surface area contributed by atoms with Gasteiger partial charge >= 0.3 is 6.09 Å². The normalized spacial score (nSPS) is 12.3. The molecule has 0 fully saturated rings. The molecule has 0 aliphatic carbocycles. The number of nitrogens with one attached hydrogen (secondary N) is 2. The topological polar surface area (TPSA) is 106 Å². The van der Waals surface area contributed by atoms with Crippen molar-refractivity contribution in [2.75, 3.05) is 11.1 Å². The maximum absolute atomic E-state index is 12.0. The quantitative estimate of drug-likeness (QED) is 0.689. The van der Waals surface area contributed by atoms with Crippen LogP contribution in [0, 0.1) is 0 Å². The van der Waals surface area contributed by atoms with Gasteiger partial charge in [0.15, 0.2) is 0 Å². The third-order valence-electron chi connectivity index (χ3n) is 2.96. The first-order valence-electron chi connectivity index (χ1n) is 8.13. The van der Waals surface area contributed by atoms with Crippen LogP contribution in [0.4, 0.5) is 10.5 Å². The summed E-state index contributed by atoms with van der Waals surface area (Å²) in [6, 6.07) is 6.33. The first-order valence-corrected chi connectivity index (χ1v) is 9.50. The van der Waals surface area contributed by atoms with Crippen LogP contribution in [0.1, 0.15) is 39.6 Å². The molecule has 0 unspecified atom stereocenters. The fourth-order valence-electron chi connectivity index (χ4n) is 1.89. The highest BCUT2D eigenvalue weighted by molar-refractivity contribution is 7.99. The molecular weight excluding hydrogens is 392 g/mol. The third-order valence-corrected chi connectivity index (χ3v) is 4.01. The lowest BCUT2D eigenvalue weighted by Crippen LogP contribution is -2.34. The molecule has 8 nitrogen and oxygen atoms in total. The number of anilines is 1. The number of ether oxygens (including phenoxy) is 1. The van der Waals surface area contributed by atoms with Crippen molar-refractivity contribution in [2.45, 2.75) is 44.6 Å². The molecule has 2 aromatic rings. The molecule has 2 N–H and O–H groups in total. The second-order valence-corrected chi connectivity index (χ2v) is 7.98. The van der Waals surface area contributed by atoms with E-state index >= 15 is 0 Å². The van der Waals surface area contributed by atoms with E-state index in [1.807, 2.05) is 0 Å². The Morgan fingerprint density at radius 2 is 2.07 bits per heavy atom. The summed E-state index contributed by atoms with van der Waals surface area (Å²) in [6.45, 7) is 7.01. The van der Waals surface area contributed by atoms with Gasteiger partial charge in [0.1, 0.15) is 11.6 Å². The van der Waals surface area contributed by atoms with Gasteiger partial charge in [-0.1, -0.05) is 29.4 Å². The molecule has 0 radical (unpaired) electrons. The van der Waals surface area contributed by atoms with Gasteiger partial charge in [-0.2, -0.15) is 0 Å². The van der Waals surface area contributed by atoms with Crippen LogP contribution in [0.25, 0.3) is 0 Å². The molecule has 146 valence electrons. The Bertz CT molecular complexity index is 806. The van der Waals surface area contributed by atoms with Crippen LogP contribution in [0.15, 0.2) is 33.9 Å². The average molecular weight is 413 g/mol. The molecule has 1 aromatic heterocycles. The van der Waals surface area contributed by atoms with Gasteiger partial charge < -0.3 is 19.8 Å². The Morgan fingerprint density at radius 1 is 1.33 bits per heavy atom. The van der Waals surface area contributed by atoms with Gasteiger partial charge in [0.05, 0.1) is 5.75 Å². The van der Waals surface area contributed by atoms with E-state index in [1.54, 1.807) is 52.0 Å². The van der Waals surface area contributed by atoms with Crippen molar-refractivity contribution >= 4 is 41.1 Å². The minimum Gasteiger partial charge on any atom is -0.444 e. The van der Waals surface area contributed by atoms with Gasteiger partial charge in [-0.15, -0.1) is 10.2 Å². The Balaban J connectivity index is 1.83. The zero-order valence-corrected chi connectivity index (χ0v) is 17.0. The van der Waals surface area contributed by atoms with Crippen molar-refractivity contribution < 1.29 is 18.7 Å². The predicted octanol–water partition coefficient (Wildman–Crippen LogP) is 4.04. The largest absolute Gasteiger partial charge is 0.444 e. The van der Waals surface area contributed by atoms with Crippen molar-refractivity contribution in [2.24, 2.45) is 0 Å². The van der Waals surface area contributed by atoms with Crippen LogP contribution in [-0.4, -0.2) is 33.6 Å². The molecule has 2 amide bonds. The Labute approximate surface area is 166 Å². The lowest BCUT2D eigenvalue weighted by atomic mass is 10.2. The monoisotopic (exact) mass is 412 g/mol. The van der Waals surface area contributed by atoms with E-state index < -0.39 is 17.7 Å². The standard InChI is InChI=1S/C17H21ClN4O4S/c1-10(19-15(24)26-17(2,3)4)14-21-22-16(25-14)27-9-13(23)20-12-7-5-6-11(18)8-12/h5-8,10H,9H2,1-4H3,(H,19,24)(H,20,23)/t10-/m1/s1. The number of benzene rings is 1. The SMILES string of the molecule is C[C@@H](NC(=O)OC(C)(C)C)c1nnc(SCC(=O)Nc2cccc(Cl)c2)o1. The van der Waals surface area contributed by atoms with Crippen molar-refractivity contribution in [3.05, 3.63) is 35.2 Å². The summed E-state index contributed by atoms with van der Waals surface area (Å²) < 4.78 is 10.6. The number of aromatic nitrogens is 2. The van der Waals surface area contributed by atoms with Gasteiger partial charge in [0, 0.05) is 10.7 Å². The second-order valence-electron chi connectivity index (χ2n) is 6.62. The lowest BCUT2D eigenvalue weighted by molar-refractivity contribution is -0.113. The van der Waals surface area contributed by atoms with Crippen LogP contribution >= 0.6 is 23.4 Å². The molecule has 0 bridgehead atoms. The summed E-state index contributed by atoms with van der Waals surface area (Å²) in [5.41, 5.74) is 0.00483. The fraction of sp³-hybridized carbons (Fsp3) is 0.412. The molecule has 1 aromatic carbocycles. The highest BCUT2D eigenvalue weighted by atomic mass is 35.5. The Kier molecular flexibility index (Phi) is 7.09. The summed E-state index contributed by atoms with van der Waals surface area (Å²) in [5.74, 6) is 0.0720. The maximum atomic E-state index is 12.0. The molecule has 10 heteroatoms. The first kappa shape index (κ1) is 21.0. The molecule has 0 spiro atoms. The van der Waals surface area contributed by atoms with Crippen LogP contribution in [-0.2, 0) is 9.53 Å². The van der Waals surface area contributed by atoms with E-state index in [1.165, 1.54) is 0 Å². The number of carbonyl (C=O) groups is 2. The van der Waals surface area contributed by atoms with E-state index in [2.05, 4.69) is 20.8 Å². The molecule has 1 atom stereocenters. The molecule has 0 saturated heterocycles. The van der Waals surface area contributed by atoms with Gasteiger partial charge in [-0.05, 0) is 45.9 Å². The molecule has 1 heterocycles. The molecular formula is C17H21ClN4O4S. The zero-order chi connectivity index (χ0) is 20.0. The van der Waals surface area contributed by atoms with E-state index in [9.17, 15) is 9.59 Å². The summed E-state index contributed by atoms with van der Waals surface area (Å²) in [6.07, 6.45) is -0.580. The van der Waals surface area contributed by atoms with Crippen molar-refractivity contribution in [3.8, 4) is 0 Å². The van der Waals surface area contributed by atoms with Crippen LogP contribution in [0.3, 0.4) is 0 Å². The van der Waals surface area contributed by atoms with Crippen molar-refractivity contribution in [1.29, 1.82) is 0 Å². The highest BCUT2D eigenvalue weighted by Gasteiger charge is 2.21. The number of hydrogen-bond donors (Lipinski definition) is 2. The smallest absolute Gasteiger partial charge is 0.408 e.